The lowest BCUT2D eigenvalue weighted by Crippen LogP contribution is -2.37. The summed E-state index contributed by atoms with van der Waals surface area (Å²) in [4.78, 5) is 30.8. The first-order valence-electron chi connectivity index (χ1n) is 10.2. The summed E-state index contributed by atoms with van der Waals surface area (Å²) in [5.74, 6) is 0.986. The van der Waals surface area contributed by atoms with E-state index in [0.29, 0.717) is 34.5 Å². The van der Waals surface area contributed by atoms with Gasteiger partial charge in [0.2, 0.25) is 17.6 Å². The van der Waals surface area contributed by atoms with Crippen LogP contribution in [0.5, 0.6) is 0 Å². The Balaban J connectivity index is 1.29. The summed E-state index contributed by atoms with van der Waals surface area (Å²) in [6.45, 7) is 3.60. The number of ketones is 1. The van der Waals surface area contributed by atoms with Crippen LogP contribution in [-0.4, -0.2) is 39.8 Å². The summed E-state index contributed by atoms with van der Waals surface area (Å²) in [6.07, 6.45) is 1.49. The first-order valence-corrected chi connectivity index (χ1v) is 10.6. The third-order valence-electron chi connectivity index (χ3n) is 5.42. The molecule has 160 valence electrons. The highest BCUT2D eigenvalue weighted by Crippen LogP contribution is 2.23. The Labute approximate surface area is 185 Å². The van der Waals surface area contributed by atoms with Gasteiger partial charge >= 0.3 is 0 Å². The van der Waals surface area contributed by atoms with E-state index >= 15 is 0 Å². The molecule has 31 heavy (non-hydrogen) atoms. The number of carbonyl (C=O) groups excluding carboxylic acids is 2. The minimum absolute atomic E-state index is 0.0110. The number of rotatable bonds is 6. The molecule has 1 amide bonds. The predicted molar refractivity (Wildman–Crippen MR) is 118 cm³/mol. The minimum atomic E-state index is -0.0652. The van der Waals surface area contributed by atoms with E-state index in [2.05, 4.69) is 20.4 Å². The molecule has 0 spiro atoms. The van der Waals surface area contributed by atoms with E-state index in [-0.39, 0.29) is 17.6 Å². The normalized spacial score (nSPS) is 15.0. The van der Waals surface area contributed by atoms with Crippen LogP contribution in [0.4, 0.5) is 5.69 Å². The highest BCUT2D eigenvalue weighted by Gasteiger charge is 2.26. The Bertz CT molecular complexity index is 1070. The van der Waals surface area contributed by atoms with Crippen molar-refractivity contribution in [3.8, 4) is 11.4 Å². The van der Waals surface area contributed by atoms with Crippen LogP contribution in [0.3, 0.4) is 0 Å². The molecule has 7 nitrogen and oxygen atoms in total. The molecule has 1 fully saturated rings. The summed E-state index contributed by atoms with van der Waals surface area (Å²) in [5, 5.41) is 7.64. The number of carbonyl (C=O) groups is 2. The van der Waals surface area contributed by atoms with Crippen molar-refractivity contribution in [1.29, 1.82) is 0 Å². The third kappa shape index (κ3) is 5.37. The van der Waals surface area contributed by atoms with E-state index in [4.69, 9.17) is 16.1 Å². The molecule has 1 aromatic heterocycles. The average Bonchev–Trinajstić information content (AvgIpc) is 3.23. The van der Waals surface area contributed by atoms with Crippen LogP contribution < -0.4 is 5.32 Å². The second-order valence-corrected chi connectivity index (χ2v) is 8.13. The second kappa shape index (κ2) is 9.41. The lowest BCUT2D eigenvalue weighted by Gasteiger charge is -2.30. The smallest absolute Gasteiger partial charge is 0.241 e. The number of hydrogen-bond acceptors (Lipinski definition) is 6. The van der Waals surface area contributed by atoms with Crippen molar-refractivity contribution >= 4 is 29.0 Å². The largest absolute Gasteiger partial charge is 0.338 e. The summed E-state index contributed by atoms with van der Waals surface area (Å²) >= 11 is 5.92. The molecule has 1 aliphatic rings. The van der Waals surface area contributed by atoms with E-state index in [1.165, 1.54) is 6.92 Å². The van der Waals surface area contributed by atoms with E-state index in [1.807, 2.05) is 12.1 Å². The molecule has 0 radical (unpaired) electrons. The van der Waals surface area contributed by atoms with Gasteiger partial charge in [-0.05, 0) is 69.3 Å². The van der Waals surface area contributed by atoms with E-state index in [0.717, 1.165) is 31.5 Å². The summed E-state index contributed by atoms with van der Waals surface area (Å²) in [7, 11) is 0. The number of halogens is 1. The molecule has 2 heterocycles. The zero-order valence-corrected chi connectivity index (χ0v) is 17.9. The first-order chi connectivity index (χ1) is 15.0. The van der Waals surface area contributed by atoms with Crippen LogP contribution in [0.2, 0.25) is 5.02 Å². The Morgan fingerprint density at radius 2 is 1.90 bits per heavy atom. The summed E-state index contributed by atoms with van der Waals surface area (Å²) < 4.78 is 5.39. The maximum atomic E-state index is 12.6. The van der Waals surface area contributed by atoms with Gasteiger partial charge in [0.05, 0.1) is 6.54 Å². The average molecular weight is 439 g/mol. The number of Topliss-reactive ketones (excluding diaryl/α,β-unsaturated/α-hetero) is 1. The van der Waals surface area contributed by atoms with Gasteiger partial charge in [-0.1, -0.05) is 28.9 Å². The molecule has 1 aliphatic heterocycles. The van der Waals surface area contributed by atoms with Crippen molar-refractivity contribution in [2.75, 3.05) is 18.4 Å². The maximum absolute atomic E-state index is 12.6. The van der Waals surface area contributed by atoms with Crippen LogP contribution >= 0.6 is 11.6 Å². The van der Waals surface area contributed by atoms with Crippen LogP contribution in [0.15, 0.2) is 53.1 Å². The molecule has 8 heteroatoms. The fraction of sp³-hybridized carbons (Fsp3) is 0.304. The van der Waals surface area contributed by atoms with E-state index in [9.17, 15) is 9.59 Å². The maximum Gasteiger partial charge on any atom is 0.241 e. The molecule has 0 unspecified atom stereocenters. The van der Waals surface area contributed by atoms with Gasteiger partial charge < -0.3 is 9.84 Å². The molecular formula is C23H23ClN4O3. The van der Waals surface area contributed by atoms with Crippen molar-refractivity contribution in [2.24, 2.45) is 5.92 Å². The monoisotopic (exact) mass is 438 g/mol. The van der Waals surface area contributed by atoms with Crippen molar-refractivity contribution in [3.05, 3.63) is 65.0 Å². The number of anilines is 1. The second-order valence-electron chi connectivity index (χ2n) is 7.70. The zero-order valence-electron chi connectivity index (χ0n) is 17.2. The fourth-order valence-corrected chi connectivity index (χ4v) is 3.77. The molecule has 1 N–H and O–H groups in total. The highest BCUT2D eigenvalue weighted by molar-refractivity contribution is 6.30. The summed E-state index contributed by atoms with van der Waals surface area (Å²) in [6, 6.07) is 14.3. The topological polar surface area (TPSA) is 88.3 Å². The molecule has 0 atom stereocenters. The Morgan fingerprint density at radius 3 is 2.61 bits per heavy atom. The number of hydrogen-bond donors (Lipinski definition) is 1. The number of likely N-dealkylation sites (tertiary alicyclic amines) is 1. The number of nitrogens with one attached hydrogen (secondary N) is 1. The Hall–Kier alpha value is -3.03. The molecule has 0 bridgehead atoms. The van der Waals surface area contributed by atoms with Gasteiger partial charge in [0.15, 0.2) is 5.78 Å². The van der Waals surface area contributed by atoms with Gasteiger partial charge in [-0.3, -0.25) is 14.5 Å². The van der Waals surface area contributed by atoms with Crippen LogP contribution in [0, 0.1) is 5.92 Å². The van der Waals surface area contributed by atoms with Crippen LogP contribution in [0.1, 0.15) is 36.0 Å². The first kappa shape index (κ1) is 21.2. The molecule has 2 aromatic carbocycles. The van der Waals surface area contributed by atoms with Crippen molar-refractivity contribution < 1.29 is 14.1 Å². The Kier molecular flexibility index (Phi) is 6.44. The summed E-state index contributed by atoms with van der Waals surface area (Å²) in [5.41, 5.74) is 2.09. The van der Waals surface area contributed by atoms with Crippen LogP contribution in [0.25, 0.3) is 11.4 Å². The van der Waals surface area contributed by atoms with Gasteiger partial charge in [0, 0.05) is 27.8 Å². The third-order valence-corrected chi connectivity index (χ3v) is 5.68. The van der Waals surface area contributed by atoms with Crippen molar-refractivity contribution in [1.82, 2.24) is 15.0 Å². The number of aromatic nitrogens is 2. The molecule has 3 aromatic rings. The van der Waals surface area contributed by atoms with Crippen LogP contribution in [-0.2, 0) is 11.3 Å². The van der Waals surface area contributed by atoms with Gasteiger partial charge in [-0.25, -0.2) is 0 Å². The lowest BCUT2D eigenvalue weighted by molar-refractivity contribution is -0.121. The highest BCUT2D eigenvalue weighted by atomic mass is 35.5. The molecule has 0 saturated carbocycles. The van der Waals surface area contributed by atoms with Gasteiger partial charge in [-0.15, -0.1) is 0 Å². The zero-order chi connectivity index (χ0) is 21.8. The van der Waals surface area contributed by atoms with Gasteiger partial charge in [0.25, 0.3) is 0 Å². The number of amides is 1. The Morgan fingerprint density at radius 1 is 1.16 bits per heavy atom. The number of nitrogens with zero attached hydrogens (tertiary/aromatic N) is 3. The van der Waals surface area contributed by atoms with Crippen molar-refractivity contribution in [3.63, 3.8) is 0 Å². The number of benzene rings is 2. The van der Waals surface area contributed by atoms with Gasteiger partial charge in [0.1, 0.15) is 0 Å². The quantitative estimate of drug-likeness (QED) is 0.572. The fourth-order valence-electron chi connectivity index (χ4n) is 3.64. The molecular weight excluding hydrogens is 416 g/mol. The standard InChI is InChI=1S/C23H23ClN4O3/c1-15(29)18-3-2-4-20(13-18)25-23(30)17-9-11-28(12-10-17)14-21-26-22(27-31-21)16-5-7-19(24)8-6-16/h2-8,13,17H,9-12,14H2,1H3,(H,25,30). The lowest BCUT2D eigenvalue weighted by atomic mass is 9.95. The SMILES string of the molecule is CC(=O)c1cccc(NC(=O)C2CCN(Cc3nc(-c4ccc(Cl)cc4)no3)CC2)c1. The minimum Gasteiger partial charge on any atom is -0.338 e. The molecule has 4 rings (SSSR count). The van der Waals surface area contributed by atoms with Crippen molar-refractivity contribution in [2.45, 2.75) is 26.3 Å². The van der Waals surface area contributed by atoms with Gasteiger partial charge in [-0.2, -0.15) is 4.98 Å². The predicted octanol–water partition coefficient (Wildman–Crippen LogP) is 4.44. The molecule has 0 aliphatic carbocycles. The van der Waals surface area contributed by atoms with E-state index < -0.39 is 0 Å². The molecule has 1 saturated heterocycles. The van der Waals surface area contributed by atoms with E-state index in [1.54, 1.807) is 36.4 Å². The number of piperidine rings is 1.